The topological polar surface area (TPSA) is 0 Å². The standard InChI is InChI=1S/C17H25I/c1-11-6-8-15-14(9-7-12(2)18)13(3)17(4,5)16(15)10-11/h6-7,9-10,12-15H,8H2,1-5H3/b9-7-. The van der Waals surface area contributed by atoms with Crippen LogP contribution in [0.4, 0.5) is 0 Å². The average molecular weight is 356 g/mol. The van der Waals surface area contributed by atoms with Crippen molar-refractivity contribution in [2.45, 2.75) is 45.0 Å². The van der Waals surface area contributed by atoms with Gasteiger partial charge in [0.2, 0.25) is 0 Å². The van der Waals surface area contributed by atoms with E-state index >= 15 is 0 Å². The van der Waals surface area contributed by atoms with Crippen LogP contribution in [-0.2, 0) is 0 Å². The Morgan fingerprint density at radius 3 is 2.72 bits per heavy atom. The van der Waals surface area contributed by atoms with E-state index in [2.05, 4.69) is 81.5 Å². The molecular weight excluding hydrogens is 331 g/mol. The maximum atomic E-state index is 2.49. The minimum atomic E-state index is 0.351. The van der Waals surface area contributed by atoms with E-state index in [1.807, 2.05) is 0 Å². The van der Waals surface area contributed by atoms with Crippen LogP contribution in [0.15, 0.2) is 35.5 Å². The predicted octanol–water partition coefficient (Wildman–Crippen LogP) is 5.55. The molecule has 1 saturated carbocycles. The SMILES string of the molecule is CC1=CCC2C(=C1)C(C)(C)C(C)C2/C=C\C(C)I. The fraction of sp³-hybridized carbons (Fsp3) is 0.647. The zero-order valence-corrected chi connectivity index (χ0v) is 14.4. The monoisotopic (exact) mass is 356 g/mol. The van der Waals surface area contributed by atoms with Crippen molar-refractivity contribution in [3.63, 3.8) is 0 Å². The summed E-state index contributed by atoms with van der Waals surface area (Å²) >= 11 is 2.48. The molecule has 0 radical (unpaired) electrons. The summed E-state index contributed by atoms with van der Waals surface area (Å²) in [4.78, 5) is 0. The molecule has 2 rings (SSSR count). The van der Waals surface area contributed by atoms with E-state index in [0.717, 1.165) is 11.8 Å². The summed E-state index contributed by atoms with van der Waals surface area (Å²) in [5, 5.41) is 0. The van der Waals surface area contributed by atoms with Crippen LogP contribution in [0.25, 0.3) is 0 Å². The van der Waals surface area contributed by atoms with Crippen molar-refractivity contribution in [3.05, 3.63) is 35.5 Å². The molecule has 1 heteroatoms. The van der Waals surface area contributed by atoms with Gasteiger partial charge in [-0.1, -0.05) is 78.8 Å². The van der Waals surface area contributed by atoms with Gasteiger partial charge < -0.3 is 0 Å². The van der Waals surface area contributed by atoms with E-state index < -0.39 is 0 Å². The van der Waals surface area contributed by atoms with Gasteiger partial charge in [0, 0.05) is 3.92 Å². The number of halogens is 1. The van der Waals surface area contributed by atoms with Crippen molar-refractivity contribution in [3.8, 4) is 0 Å². The second-order valence-electron chi connectivity index (χ2n) is 6.54. The molecular formula is C17H25I. The lowest BCUT2D eigenvalue weighted by Gasteiger charge is -2.28. The molecule has 4 unspecified atom stereocenters. The Hall–Kier alpha value is -0.0500. The lowest BCUT2D eigenvalue weighted by atomic mass is 9.77. The summed E-state index contributed by atoms with van der Waals surface area (Å²) in [6.07, 6.45) is 11.0. The lowest BCUT2D eigenvalue weighted by molar-refractivity contribution is 0.286. The fourth-order valence-electron chi connectivity index (χ4n) is 3.55. The van der Waals surface area contributed by atoms with Gasteiger partial charge in [-0.2, -0.15) is 0 Å². The molecule has 2 aliphatic rings. The number of hydrogen-bond donors (Lipinski definition) is 0. The molecule has 0 heterocycles. The summed E-state index contributed by atoms with van der Waals surface area (Å²) in [5.74, 6) is 2.19. The molecule has 0 saturated heterocycles. The maximum absolute atomic E-state index is 2.49. The molecule has 0 N–H and O–H groups in total. The van der Waals surface area contributed by atoms with Crippen molar-refractivity contribution in [1.29, 1.82) is 0 Å². The average Bonchev–Trinajstić information content (AvgIpc) is 2.46. The molecule has 0 aromatic carbocycles. The molecule has 0 bridgehead atoms. The van der Waals surface area contributed by atoms with Crippen molar-refractivity contribution in [1.82, 2.24) is 0 Å². The first-order valence-corrected chi connectivity index (χ1v) is 8.30. The normalized spacial score (nSPS) is 36.2. The third-order valence-electron chi connectivity index (χ3n) is 5.00. The fourth-order valence-corrected chi connectivity index (χ4v) is 3.79. The van der Waals surface area contributed by atoms with Crippen LogP contribution in [0.1, 0.15) is 41.0 Å². The Morgan fingerprint density at radius 1 is 1.44 bits per heavy atom. The summed E-state index contributed by atoms with van der Waals surface area (Å²) in [6, 6.07) is 0. The molecule has 0 aromatic rings. The van der Waals surface area contributed by atoms with Gasteiger partial charge in [-0.3, -0.25) is 0 Å². The van der Waals surface area contributed by atoms with E-state index in [1.54, 1.807) is 5.57 Å². The molecule has 0 nitrogen and oxygen atoms in total. The van der Waals surface area contributed by atoms with Gasteiger partial charge in [0.15, 0.2) is 0 Å². The van der Waals surface area contributed by atoms with Crippen molar-refractivity contribution in [2.24, 2.45) is 23.2 Å². The minimum Gasteiger partial charge on any atom is -0.0835 e. The Kier molecular flexibility index (Phi) is 4.10. The van der Waals surface area contributed by atoms with E-state index in [9.17, 15) is 0 Å². The summed E-state index contributed by atoms with van der Waals surface area (Å²) < 4.78 is 0.631. The molecule has 0 aliphatic heterocycles. The van der Waals surface area contributed by atoms with E-state index in [1.165, 1.54) is 12.0 Å². The molecule has 18 heavy (non-hydrogen) atoms. The molecule has 1 fully saturated rings. The van der Waals surface area contributed by atoms with Gasteiger partial charge in [-0.15, -0.1) is 0 Å². The van der Waals surface area contributed by atoms with Crippen LogP contribution in [0.3, 0.4) is 0 Å². The number of rotatable bonds is 2. The highest BCUT2D eigenvalue weighted by molar-refractivity contribution is 14.1. The van der Waals surface area contributed by atoms with Crippen LogP contribution in [-0.4, -0.2) is 3.92 Å². The molecule has 100 valence electrons. The Labute approximate surface area is 126 Å². The second-order valence-corrected chi connectivity index (χ2v) is 8.50. The highest BCUT2D eigenvalue weighted by Gasteiger charge is 2.48. The van der Waals surface area contributed by atoms with Crippen LogP contribution in [0.5, 0.6) is 0 Å². The van der Waals surface area contributed by atoms with E-state index in [-0.39, 0.29) is 0 Å². The zero-order valence-electron chi connectivity index (χ0n) is 12.2. The molecule has 0 amide bonds. The van der Waals surface area contributed by atoms with Crippen molar-refractivity contribution < 1.29 is 0 Å². The van der Waals surface area contributed by atoms with Crippen molar-refractivity contribution in [2.75, 3.05) is 0 Å². The summed E-state index contributed by atoms with van der Waals surface area (Å²) in [6.45, 7) is 11.8. The largest absolute Gasteiger partial charge is 0.0835 e. The molecule has 2 aliphatic carbocycles. The van der Waals surface area contributed by atoms with E-state index in [0.29, 0.717) is 15.3 Å². The zero-order chi connectivity index (χ0) is 13.5. The van der Waals surface area contributed by atoms with Crippen LogP contribution < -0.4 is 0 Å². The number of fused-ring (bicyclic) bond motifs is 1. The van der Waals surface area contributed by atoms with Gasteiger partial charge >= 0.3 is 0 Å². The van der Waals surface area contributed by atoms with Gasteiger partial charge in [0.05, 0.1) is 0 Å². The van der Waals surface area contributed by atoms with Gasteiger partial charge in [-0.05, 0) is 43.4 Å². The van der Waals surface area contributed by atoms with Gasteiger partial charge in [-0.25, -0.2) is 0 Å². The third-order valence-corrected chi connectivity index (χ3v) is 5.41. The number of allylic oxidation sites excluding steroid dienone is 6. The first-order chi connectivity index (χ1) is 8.34. The Morgan fingerprint density at radius 2 is 2.11 bits per heavy atom. The first kappa shape index (κ1) is 14.4. The maximum Gasteiger partial charge on any atom is 0.0261 e. The van der Waals surface area contributed by atoms with E-state index in [4.69, 9.17) is 0 Å². The highest BCUT2D eigenvalue weighted by atomic mass is 127. The number of hydrogen-bond acceptors (Lipinski definition) is 0. The second kappa shape index (κ2) is 5.15. The smallest absolute Gasteiger partial charge is 0.0261 e. The quantitative estimate of drug-likeness (QED) is 0.346. The molecule has 4 atom stereocenters. The first-order valence-electron chi connectivity index (χ1n) is 7.05. The predicted molar refractivity (Wildman–Crippen MR) is 89.0 cm³/mol. The van der Waals surface area contributed by atoms with Crippen LogP contribution >= 0.6 is 22.6 Å². The van der Waals surface area contributed by atoms with Gasteiger partial charge in [0.1, 0.15) is 0 Å². The van der Waals surface area contributed by atoms with Crippen molar-refractivity contribution >= 4 is 22.6 Å². The Balaban J connectivity index is 2.33. The number of alkyl halides is 1. The summed E-state index contributed by atoms with van der Waals surface area (Å²) in [7, 11) is 0. The van der Waals surface area contributed by atoms with Crippen LogP contribution in [0.2, 0.25) is 0 Å². The summed E-state index contributed by atoms with van der Waals surface area (Å²) in [5.41, 5.74) is 3.49. The third kappa shape index (κ3) is 2.48. The Bertz CT molecular complexity index is 409. The minimum absolute atomic E-state index is 0.351. The molecule has 0 aromatic heterocycles. The highest BCUT2D eigenvalue weighted by Crippen LogP contribution is 2.56. The lowest BCUT2D eigenvalue weighted by Crippen LogP contribution is -2.19. The van der Waals surface area contributed by atoms with Crippen LogP contribution in [0, 0.1) is 23.2 Å². The van der Waals surface area contributed by atoms with Gasteiger partial charge in [0.25, 0.3) is 0 Å². The molecule has 0 spiro atoms.